The van der Waals surface area contributed by atoms with Gasteiger partial charge in [0, 0.05) is 52.0 Å². The molecule has 0 radical (unpaired) electrons. The van der Waals surface area contributed by atoms with Gasteiger partial charge in [0.05, 0.1) is 11.5 Å². The van der Waals surface area contributed by atoms with E-state index in [0.29, 0.717) is 32.3 Å². The van der Waals surface area contributed by atoms with Crippen LogP contribution in [0.15, 0.2) is 0 Å². The zero-order chi connectivity index (χ0) is 16.2. The zero-order valence-corrected chi connectivity index (χ0v) is 14.0. The fraction of sp³-hybridized carbons (Fsp3) is 0.938. The number of β-amino-alcohol motifs (C(OH)–C–C–N with tert-alkyl or cyclic N) is 1. The molecule has 2 atom stereocenters. The van der Waals surface area contributed by atoms with Crippen LogP contribution in [0.3, 0.4) is 0 Å². The van der Waals surface area contributed by atoms with Crippen LogP contribution in [0.25, 0.3) is 0 Å². The second-order valence-electron chi connectivity index (χ2n) is 6.75. The standard InChI is InChI=1S/C16H31N3O3/c1-3-14-11-19(7-6-18(14)10-13(2)20)15(21)16(12-17)4-8-22-9-5-16/h13-14,20H,3-12,17H2,1-2H3. The molecule has 3 N–H and O–H groups in total. The first-order valence-corrected chi connectivity index (χ1v) is 8.51. The van der Waals surface area contributed by atoms with E-state index >= 15 is 0 Å². The van der Waals surface area contributed by atoms with Crippen molar-refractivity contribution in [2.24, 2.45) is 11.1 Å². The number of carbonyl (C=O) groups excluding carboxylic acids is 1. The fourth-order valence-electron chi connectivity index (χ4n) is 3.65. The van der Waals surface area contributed by atoms with Crippen LogP contribution in [0.5, 0.6) is 0 Å². The van der Waals surface area contributed by atoms with Crippen molar-refractivity contribution in [2.45, 2.75) is 45.3 Å². The normalized spacial score (nSPS) is 27.6. The van der Waals surface area contributed by atoms with Crippen molar-refractivity contribution in [3.8, 4) is 0 Å². The first kappa shape index (κ1) is 17.7. The molecule has 0 saturated carbocycles. The van der Waals surface area contributed by atoms with Crippen LogP contribution >= 0.6 is 0 Å². The lowest BCUT2D eigenvalue weighted by atomic mass is 9.78. The highest BCUT2D eigenvalue weighted by Crippen LogP contribution is 2.32. The van der Waals surface area contributed by atoms with Gasteiger partial charge in [0.2, 0.25) is 5.91 Å². The molecule has 0 spiro atoms. The summed E-state index contributed by atoms with van der Waals surface area (Å²) in [6.07, 6.45) is 2.11. The predicted molar refractivity (Wildman–Crippen MR) is 85.5 cm³/mol. The molecule has 0 aliphatic carbocycles. The molecule has 128 valence electrons. The highest BCUT2D eigenvalue weighted by Gasteiger charge is 2.43. The molecule has 2 rings (SSSR count). The van der Waals surface area contributed by atoms with Crippen molar-refractivity contribution in [2.75, 3.05) is 45.9 Å². The molecule has 1 amide bonds. The van der Waals surface area contributed by atoms with Gasteiger partial charge < -0.3 is 20.5 Å². The number of nitrogens with two attached hydrogens (primary N) is 1. The van der Waals surface area contributed by atoms with E-state index in [4.69, 9.17) is 10.5 Å². The molecule has 2 aliphatic heterocycles. The minimum Gasteiger partial charge on any atom is -0.392 e. The lowest BCUT2D eigenvalue weighted by Crippen LogP contribution is -2.60. The third-order valence-electron chi connectivity index (χ3n) is 5.16. The van der Waals surface area contributed by atoms with E-state index in [2.05, 4.69) is 11.8 Å². The second kappa shape index (κ2) is 7.73. The van der Waals surface area contributed by atoms with Crippen LogP contribution in [0.2, 0.25) is 0 Å². The van der Waals surface area contributed by atoms with Crippen molar-refractivity contribution >= 4 is 5.91 Å². The zero-order valence-electron chi connectivity index (χ0n) is 14.0. The number of aliphatic hydroxyl groups excluding tert-OH is 1. The number of amides is 1. The van der Waals surface area contributed by atoms with Crippen LogP contribution in [-0.2, 0) is 9.53 Å². The van der Waals surface area contributed by atoms with Gasteiger partial charge in [-0.15, -0.1) is 0 Å². The fourth-order valence-corrected chi connectivity index (χ4v) is 3.65. The summed E-state index contributed by atoms with van der Waals surface area (Å²) >= 11 is 0. The van der Waals surface area contributed by atoms with Gasteiger partial charge in [-0.05, 0) is 26.2 Å². The first-order valence-electron chi connectivity index (χ1n) is 8.51. The molecule has 0 aromatic rings. The van der Waals surface area contributed by atoms with Crippen molar-refractivity contribution in [3.63, 3.8) is 0 Å². The maximum absolute atomic E-state index is 13.0. The summed E-state index contributed by atoms with van der Waals surface area (Å²) in [5, 5.41) is 9.62. The maximum Gasteiger partial charge on any atom is 0.230 e. The maximum atomic E-state index is 13.0. The van der Waals surface area contributed by atoms with Crippen molar-refractivity contribution < 1.29 is 14.6 Å². The molecule has 2 heterocycles. The number of hydrogen-bond donors (Lipinski definition) is 2. The summed E-state index contributed by atoms with van der Waals surface area (Å²) in [5.74, 6) is 0.202. The molecular formula is C16H31N3O3. The van der Waals surface area contributed by atoms with Gasteiger partial charge in [0.25, 0.3) is 0 Å². The Kier molecular flexibility index (Phi) is 6.20. The average molecular weight is 313 g/mol. The monoisotopic (exact) mass is 313 g/mol. The molecule has 22 heavy (non-hydrogen) atoms. The number of hydrogen-bond acceptors (Lipinski definition) is 5. The van der Waals surface area contributed by atoms with Gasteiger partial charge in [-0.2, -0.15) is 0 Å². The van der Waals surface area contributed by atoms with E-state index in [-0.39, 0.29) is 12.0 Å². The van der Waals surface area contributed by atoms with Crippen LogP contribution in [0.4, 0.5) is 0 Å². The number of rotatable bonds is 5. The lowest BCUT2D eigenvalue weighted by molar-refractivity contribution is -0.150. The molecule has 2 unspecified atom stereocenters. The van der Waals surface area contributed by atoms with Gasteiger partial charge in [-0.1, -0.05) is 6.92 Å². The Balaban J connectivity index is 2.02. The van der Waals surface area contributed by atoms with E-state index < -0.39 is 5.41 Å². The van der Waals surface area contributed by atoms with Crippen molar-refractivity contribution in [3.05, 3.63) is 0 Å². The highest BCUT2D eigenvalue weighted by atomic mass is 16.5. The second-order valence-corrected chi connectivity index (χ2v) is 6.75. The summed E-state index contributed by atoms with van der Waals surface area (Å²) in [6, 6.07) is 0.321. The van der Waals surface area contributed by atoms with Gasteiger partial charge in [0.15, 0.2) is 0 Å². The van der Waals surface area contributed by atoms with Crippen molar-refractivity contribution in [1.82, 2.24) is 9.80 Å². The van der Waals surface area contributed by atoms with Crippen LogP contribution < -0.4 is 5.73 Å². The Morgan fingerprint density at radius 1 is 1.41 bits per heavy atom. The number of carbonyl (C=O) groups is 1. The number of piperazine rings is 1. The van der Waals surface area contributed by atoms with E-state index in [1.807, 2.05) is 11.8 Å². The molecule has 2 saturated heterocycles. The van der Waals surface area contributed by atoms with Crippen LogP contribution in [0, 0.1) is 5.41 Å². The molecule has 2 aliphatic rings. The largest absolute Gasteiger partial charge is 0.392 e. The molecule has 6 nitrogen and oxygen atoms in total. The topological polar surface area (TPSA) is 79.0 Å². The molecule has 0 bridgehead atoms. The number of ether oxygens (including phenoxy) is 1. The van der Waals surface area contributed by atoms with Gasteiger partial charge in [-0.3, -0.25) is 9.69 Å². The Morgan fingerprint density at radius 2 is 2.09 bits per heavy atom. The number of aliphatic hydroxyl groups is 1. The Hall–Kier alpha value is -0.690. The van der Waals surface area contributed by atoms with Crippen LogP contribution in [-0.4, -0.2) is 78.9 Å². The quantitative estimate of drug-likeness (QED) is 0.749. The van der Waals surface area contributed by atoms with E-state index in [1.54, 1.807) is 0 Å². The smallest absolute Gasteiger partial charge is 0.230 e. The minimum absolute atomic E-state index is 0.202. The molecule has 0 aromatic carbocycles. The number of nitrogens with zero attached hydrogens (tertiary/aromatic N) is 2. The highest BCUT2D eigenvalue weighted by molar-refractivity contribution is 5.83. The van der Waals surface area contributed by atoms with E-state index in [9.17, 15) is 9.90 Å². The van der Waals surface area contributed by atoms with E-state index in [0.717, 1.165) is 38.9 Å². The molecule has 6 heteroatoms. The average Bonchev–Trinajstić information content (AvgIpc) is 2.54. The van der Waals surface area contributed by atoms with Gasteiger partial charge >= 0.3 is 0 Å². The lowest BCUT2D eigenvalue weighted by Gasteiger charge is -2.45. The summed E-state index contributed by atoms with van der Waals surface area (Å²) < 4.78 is 5.40. The molecular weight excluding hydrogens is 282 g/mol. The molecule has 2 fully saturated rings. The first-order chi connectivity index (χ1) is 10.5. The Morgan fingerprint density at radius 3 is 2.64 bits per heavy atom. The Bertz CT molecular complexity index is 370. The van der Waals surface area contributed by atoms with E-state index in [1.165, 1.54) is 0 Å². The molecule has 0 aromatic heterocycles. The summed E-state index contributed by atoms with van der Waals surface area (Å²) in [6.45, 7) is 8.58. The SMILES string of the molecule is CCC1CN(C(=O)C2(CN)CCOCC2)CCN1CC(C)O. The Labute approximate surface area is 133 Å². The summed E-state index contributed by atoms with van der Waals surface area (Å²) in [7, 11) is 0. The van der Waals surface area contributed by atoms with Gasteiger partial charge in [0.1, 0.15) is 0 Å². The summed E-state index contributed by atoms with van der Waals surface area (Å²) in [5.41, 5.74) is 5.53. The van der Waals surface area contributed by atoms with Crippen molar-refractivity contribution in [1.29, 1.82) is 0 Å². The minimum atomic E-state index is -0.428. The third kappa shape index (κ3) is 3.79. The van der Waals surface area contributed by atoms with Gasteiger partial charge in [-0.25, -0.2) is 0 Å². The predicted octanol–water partition coefficient (Wildman–Crippen LogP) is 0.0455. The summed E-state index contributed by atoms with van der Waals surface area (Å²) in [4.78, 5) is 17.3. The van der Waals surface area contributed by atoms with Crippen LogP contribution in [0.1, 0.15) is 33.1 Å². The third-order valence-corrected chi connectivity index (χ3v) is 5.16.